The predicted octanol–water partition coefficient (Wildman–Crippen LogP) is 4.13. The van der Waals surface area contributed by atoms with Crippen LogP contribution in [0, 0.1) is 0 Å². The van der Waals surface area contributed by atoms with Crippen molar-refractivity contribution in [1.29, 1.82) is 0 Å². The molecule has 0 fully saturated rings. The molecule has 1 aliphatic rings. The topological polar surface area (TPSA) is 52.6 Å². The molecule has 0 saturated carbocycles. The normalized spacial score (nSPS) is 12.6. The Morgan fingerprint density at radius 2 is 1.63 bits per heavy atom. The van der Waals surface area contributed by atoms with Crippen LogP contribution in [0.15, 0.2) is 60.7 Å². The zero-order valence-corrected chi connectivity index (χ0v) is 14.9. The number of hydrogen-bond acceptors (Lipinski definition) is 4. The number of aryl methyl sites for hydroxylation is 2. The van der Waals surface area contributed by atoms with Crippen molar-refractivity contribution in [2.45, 2.75) is 19.3 Å². The molecule has 0 amide bonds. The molecule has 27 heavy (non-hydrogen) atoms. The zero-order chi connectivity index (χ0) is 18.6. The van der Waals surface area contributed by atoms with Crippen LogP contribution in [0.1, 0.15) is 27.9 Å². The first-order chi connectivity index (χ1) is 13.2. The Morgan fingerprint density at radius 3 is 2.52 bits per heavy atom. The van der Waals surface area contributed by atoms with E-state index < -0.39 is 5.97 Å². The molecule has 0 spiro atoms. The predicted molar refractivity (Wildman–Crippen MR) is 103 cm³/mol. The van der Waals surface area contributed by atoms with Gasteiger partial charge in [0.1, 0.15) is 5.75 Å². The lowest BCUT2D eigenvalue weighted by Crippen LogP contribution is -2.19. The number of esters is 1. The highest BCUT2D eigenvalue weighted by Gasteiger charge is 2.15. The van der Waals surface area contributed by atoms with Crippen LogP contribution in [-0.4, -0.2) is 25.0 Å². The Hall–Kier alpha value is -3.14. The number of hydrogen-bond donors (Lipinski definition) is 0. The molecule has 1 aliphatic carbocycles. The molecule has 0 saturated heterocycles. The van der Waals surface area contributed by atoms with Gasteiger partial charge in [0, 0.05) is 5.56 Å². The number of benzene rings is 3. The second-order valence-corrected chi connectivity index (χ2v) is 6.72. The highest BCUT2D eigenvalue weighted by Crippen LogP contribution is 2.23. The van der Waals surface area contributed by atoms with Gasteiger partial charge in [0.25, 0.3) is 0 Å². The maximum atomic E-state index is 12.3. The lowest BCUT2D eigenvalue weighted by Gasteiger charge is -2.08. The van der Waals surface area contributed by atoms with Crippen molar-refractivity contribution >= 4 is 22.5 Å². The Kier molecular flexibility index (Phi) is 4.88. The highest BCUT2D eigenvalue weighted by atomic mass is 16.6. The summed E-state index contributed by atoms with van der Waals surface area (Å²) in [7, 11) is 0. The van der Waals surface area contributed by atoms with Gasteiger partial charge >= 0.3 is 5.97 Å². The molecule has 0 heterocycles. The fraction of sp³-hybridized carbons (Fsp3) is 0.217. The molecular formula is C23H20O4. The zero-order valence-electron chi connectivity index (χ0n) is 14.9. The van der Waals surface area contributed by atoms with Gasteiger partial charge < -0.3 is 9.47 Å². The fourth-order valence-electron chi connectivity index (χ4n) is 3.42. The van der Waals surface area contributed by atoms with Crippen molar-refractivity contribution in [3.05, 3.63) is 77.4 Å². The SMILES string of the molecule is O=C(COc1ccc2ccccc2c1)OCC(=O)c1ccc2c(c1)CCC2. The molecule has 0 atom stereocenters. The van der Waals surface area contributed by atoms with Crippen molar-refractivity contribution < 1.29 is 19.1 Å². The molecule has 4 heteroatoms. The van der Waals surface area contributed by atoms with Crippen LogP contribution in [0.4, 0.5) is 0 Å². The summed E-state index contributed by atoms with van der Waals surface area (Å²) in [5.74, 6) is -0.156. The summed E-state index contributed by atoms with van der Waals surface area (Å²) < 4.78 is 10.6. The summed E-state index contributed by atoms with van der Waals surface area (Å²) in [6.07, 6.45) is 3.22. The van der Waals surface area contributed by atoms with E-state index in [0.717, 1.165) is 30.0 Å². The summed E-state index contributed by atoms with van der Waals surface area (Å²) in [5, 5.41) is 2.14. The third kappa shape index (κ3) is 4.00. The molecule has 136 valence electrons. The fourth-order valence-corrected chi connectivity index (χ4v) is 3.42. The van der Waals surface area contributed by atoms with E-state index in [1.807, 2.05) is 60.7 Å². The molecule has 3 aromatic carbocycles. The first-order valence-electron chi connectivity index (χ1n) is 9.11. The maximum absolute atomic E-state index is 12.3. The third-order valence-corrected chi connectivity index (χ3v) is 4.86. The molecule has 0 aliphatic heterocycles. The molecule has 4 rings (SSSR count). The number of fused-ring (bicyclic) bond motifs is 2. The van der Waals surface area contributed by atoms with Gasteiger partial charge in [-0.2, -0.15) is 0 Å². The lowest BCUT2D eigenvalue weighted by atomic mass is 10.0. The Morgan fingerprint density at radius 1 is 0.815 bits per heavy atom. The molecule has 4 nitrogen and oxygen atoms in total. The van der Waals surface area contributed by atoms with Gasteiger partial charge in [0.2, 0.25) is 0 Å². The molecule has 0 bridgehead atoms. The van der Waals surface area contributed by atoms with E-state index in [1.165, 1.54) is 11.1 Å². The van der Waals surface area contributed by atoms with Gasteiger partial charge in [0.05, 0.1) is 0 Å². The van der Waals surface area contributed by atoms with E-state index >= 15 is 0 Å². The van der Waals surface area contributed by atoms with Gasteiger partial charge in [-0.15, -0.1) is 0 Å². The maximum Gasteiger partial charge on any atom is 0.344 e. The van der Waals surface area contributed by atoms with Crippen LogP contribution < -0.4 is 4.74 Å². The van der Waals surface area contributed by atoms with Gasteiger partial charge in [-0.05, 0) is 59.4 Å². The van der Waals surface area contributed by atoms with Crippen LogP contribution in [0.2, 0.25) is 0 Å². The van der Waals surface area contributed by atoms with E-state index in [1.54, 1.807) is 0 Å². The monoisotopic (exact) mass is 360 g/mol. The van der Waals surface area contributed by atoms with Crippen molar-refractivity contribution in [2.75, 3.05) is 13.2 Å². The van der Waals surface area contributed by atoms with Crippen LogP contribution in [0.25, 0.3) is 10.8 Å². The molecule has 0 N–H and O–H groups in total. The Balaban J connectivity index is 1.29. The van der Waals surface area contributed by atoms with Crippen LogP contribution >= 0.6 is 0 Å². The molecule has 3 aromatic rings. The van der Waals surface area contributed by atoms with E-state index in [2.05, 4.69) is 0 Å². The summed E-state index contributed by atoms with van der Waals surface area (Å²) in [6.45, 7) is -0.492. The van der Waals surface area contributed by atoms with Gasteiger partial charge in [-0.25, -0.2) is 4.79 Å². The van der Waals surface area contributed by atoms with E-state index in [4.69, 9.17) is 9.47 Å². The summed E-state index contributed by atoms with van der Waals surface area (Å²) in [5.41, 5.74) is 3.14. The number of Topliss-reactive ketones (excluding diaryl/α,β-unsaturated/α-hetero) is 1. The first-order valence-corrected chi connectivity index (χ1v) is 9.11. The lowest BCUT2D eigenvalue weighted by molar-refractivity contribution is -0.144. The second-order valence-electron chi connectivity index (χ2n) is 6.72. The number of ketones is 1. The quantitative estimate of drug-likeness (QED) is 0.490. The van der Waals surface area contributed by atoms with Crippen molar-refractivity contribution in [2.24, 2.45) is 0 Å². The summed E-state index contributed by atoms with van der Waals surface area (Å²) in [6, 6.07) is 19.3. The minimum atomic E-state index is -0.558. The number of carbonyl (C=O) groups is 2. The van der Waals surface area contributed by atoms with Crippen molar-refractivity contribution in [3.8, 4) is 5.75 Å². The number of carbonyl (C=O) groups excluding carboxylic acids is 2. The largest absolute Gasteiger partial charge is 0.482 e. The number of ether oxygens (including phenoxy) is 2. The smallest absolute Gasteiger partial charge is 0.344 e. The summed E-state index contributed by atoms with van der Waals surface area (Å²) in [4.78, 5) is 24.2. The molecule has 0 aromatic heterocycles. The van der Waals surface area contributed by atoms with E-state index in [-0.39, 0.29) is 19.0 Å². The van der Waals surface area contributed by atoms with Crippen molar-refractivity contribution in [3.63, 3.8) is 0 Å². The minimum absolute atomic E-state index is 0.191. The second kappa shape index (κ2) is 7.62. The molecule has 0 unspecified atom stereocenters. The summed E-state index contributed by atoms with van der Waals surface area (Å²) >= 11 is 0. The Bertz CT molecular complexity index is 1010. The van der Waals surface area contributed by atoms with Crippen molar-refractivity contribution in [1.82, 2.24) is 0 Å². The van der Waals surface area contributed by atoms with Crippen LogP contribution in [0.3, 0.4) is 0 Å². The average molecular weight is 360 g/mol. The van der Waals surface area contributed by atoms with Crippen LogP contribution in [-0.2, 0) is 22.4 Å². The average Bonchev–Trinajstić information content (AvgIpc) is 3.18. The number of rotatable bonds is 6. The Labute approximate surface area is 157 Å². The van der Waals surface area contributed by atoms with Gasteiger partial charge in [0.15, 0.2) is 19.0 Å². The van der Waals surface area contributed by atoms with Gasteiger partial charge in [-0.1, -0.05) is 42.5 Å². The molecular weight excluding hydrogens is 340 g/mol. The minimum Gasteiger partial charge on any atom is -0.482 e. The standard InChI is InChI=1S/C23H20O4/c24-22(20-9-8-17-6-3-7-18(17)12-20)14-27-23(25)15-26-21-11-10-16-4-1-2-5-19(16)13-21/h1-2,4-5,8-13H,3,6-7,14-15H2. The van der Waals surface area contributed by atoms with E-state index in [9.17, 15) is 9.59 Å². The third-order valence-electron chi connectivity index (χ3n) is 4.86. The molecule has 0 radical (unpaired) electrons. The van der Waals surface area contributed by atoms with Gasteiger partial charge in [-0.3, -0.25) is 4.79 Å². The highest BCUT2D eigenvalue weighted by molar-refractivity contribution is 5.98. The van der Waals surface area contributed by atoms with Crippen LogP contribution in [0.5, 0.6) is 5.75 Å². The first kappa shape index (κ1) is 17.3. The van der Waals surface area contributed by atoms with E-state index in [0.29, 0.717) is 11.3 Å².